The first-order chi connectivity index (χ1) is 11.0. The van der Waals surface area contributed by atoms with Crippen molar-refractivity contribution < 1.29 is 14.4 Å². The first kappa shape index (κ1) is 15.5. The number of hydrogen-bond donors (Lipinski definition) is 1. The molecule has 3 rings (SSSR count). The zero-order chi connectivity index (χ0) is 16.6. The molecule has 0 aromatic heterocycles. The van der Waals surface area contributed by atoms with E-state index in [1.807, 2.05) is 0 Å². The molecule has 1 spiro atoms. The summed E-state index contributed by atoms with van der Waals surface area (Å²) < 4.78 is 0. The standard InChI is InChI=1S/C17H21N3O3/c1-19-16(23)20(15(22)17(19)9-3-2-4-10-17)11-12-5-7-13(8-6-12)14(18)21/h5-8H,2-4,9-11H2,1H3,(H2,18,21). The van der Waals surface area contributed by atoms with Gasteiger partial charge in [0.15, 0.2) is 0 Å². The molecule has 6 heteroatoms. The van der Waals surface area contributed by atoms with Gasteiger partial charge in [0, 0.05) is 12.6 Å². The molecule has 23 heavy (non-hydrogen) atoms. The van der Waals surface area contributed by atoms with Crippen LogP contribution in [0.2, 0.25) is 0 Å². The maximum Gasteiger partial charge on any atom is 0.327 e. The van der Waals surface area contributed by atoms with Crippen LogP contribution in [-0.4, -0.2) is 40.2 Å². The Kier molecular flexibility index (Phi) is 3.83. The van der Waals surface area contributed by atoms with Crippen LogP contribution >= 0.6 is 0 Å². The van der Waals surface area contributed by atoms with Crippen LogP contribution in [0.15, 0.2) is 24.3 Å². The number of nitrogens with two attached hydrogens (primary N) is 1. The van der Waals surface area contributed by atoms with Crippen LogP contribution in [0.4, 0.5) is 4.79 Å². The monoisotopic (exact) mass is 315 g/mol. The van der Waals surface area contributed by atoms with E-state index < -0.39 is 11.4 Å². The van der Waals surface area contributed by atoms with Crippen LogP contribution in [0.25, 0.3) is 0 Å². The molecule has 6 nitrogen and oxygen atoms in total. The number of rotatable bonds is 3. The largest absolute Gasteiger partial charge is 0.366 e. The van der Waals surface area contributed by atoms with Crippen molar-refractivity contribution in [2.75, 3.05) is 7.05 Å². The van der Waals surface area contributed by atoms with Crippen molar-refractivity contribution in [1.82, 2.24) is 9.80 Å². The summed E-state index contributed by atoms with van der Waals surface area (Å²) in [5.74, 6) is -0.588. The predicted molar refractivity (Wildman–Crippen MR) is 84.5 cm³/mol. The fraction of sp³-hybridized carbons (Fsp3) is 0.471. The Morgan fingerprint density at radius 2 is 1.74 bits per heavy atom. The number of benzene rings is 1. The molecule has 1 heterocycles. The minimum absolute atomic E-state index is 0.0938. The maximum absolute atomic E-state index is 12.9. The SMILES string of the molecule is CN1C(=O)N(Cc2ccc(C(N)=O)cc2)C(=O)C12CCCCC2. The van der Waals surface area contributed by atoms with Gasteiger partial charge in [0.1, 0.15) is 5.54 Å². The van der Waals surface area contributed by atoms with Crippen molar-refractivity contribution in [2.24, 2.45) is 5.73 Å². The zero-order valence-corrected chi connectivity index (χ0v) is 13.2. The number of primary amides is 1. The molecule has 2 fully saturated rings. The molecular formula is C17H21N3O3. The van der Waals surface area contributed by atoms with Crippen LogP contribution in [0.3, 0.4) is 0 Å². The summed E-state index contributed by atoms with van der Waals surface area (Å²) in [6.07, 6.45) is 4.55. The molecule has 1 aromatic carbocycles. The zero-order valence-electron chi connectivity index (χ0n) is 13.2. The topological polar surface area (TPSA) is 83.7 Å². The Morgan fingerprint density at radius 3 is 2.30 bits per heavy atom. The van der Waals surface area contributed by atoms with Crippen molar-refractivity contribution in [1.29, 1.82) is 0 Å². The van der Waals surface area contributed by atoms with E-state index in [1.165, 1.54) is 4.90 Å². The third kappa shape index (κ3) is 2.48. The number of hydrogen-bond acceptors (Lipinski definition) is 3. The molecule has 0 unspecified atom stereocenters. The van der Waals surface area contributed by atoms with Gasteiger partial charge in [-0.1, -0.05) is 31.4 Å². The van der Waals surface area contributed by atoms with Gasteiger partial charge in [0.05, 0.1) is 6.54 Å². The number of carbonyl (C=O) groups excluding carboxylic acids is 3. The maximum atomic E-state index is 12.9. The summed E-state index contributed by atoms with van der Waals surface area (Å²) >= 11 is 0. The lowest BCUT2D eigenvalue weighted by atomic mass is 9.80. The van der Waals surface area contributed by atoms with Gasteiger partial charge >= 0.3 is 6.03 Å². The normalized spacial score (nSPS) is 20.4. The lowest BCUT2D eigenvalue weighted by Crippen LogP contribution is -2.49. The number of nitrogens with zero attached hydrogens (tertiary/aromatic N) is 2. The molecule has 0 radical (unpaired) electrons. The highest BCUT2D eigenvalue weighted by Gasteiger charge is 2.55. The highest BCUT2D eigenvalue weighted by molar-refractivity contribution is 6.06. The molecule has 1 aromatic rings. The molecule has 1 aliphatic carbocycles. The number of imide groups is 1. The van der Waals surface area contributed by atoms with Crippen LogP contribution in [-0.2, 0) is 11.3 Å². The third-order valence-electron chi connectivity index (χ3n) is 5.06. The fourth-order valence-corrected chi connectivity index (χ4v) is 3.63. The number of carbonyl (C=O) groups is 3. The Balaban J connectivity index is 1.81. The average molecular weight is 315 g/mol. The van der Waals surface area contributed by atoms with Gasteiger partial charge < -0.3 is 10.6 Å². The molecule has 1 aliphatic heterocycles. The van der Waals surface area contributed by atoms with Gasteiger partial charge in [-0.25, -0.2) is 4.79 Å². The van der Waals surface area contributed by atoms with Gasteiger partial charge in [0.25, 0.3) is 5.91 Å². The number of amides is 4. The van der Waals surface area contributed by atoms with E-state index in [0.717, 1.165) is 37.7 Å². The van der Waals surface area contributed by atoms with E-state index in [4.69, 9.17) is 5.73 Å². The van der Waals surface area contributed by atoms with Gasteiger partial charge in [-0.15, -0.1) is 0 Å². The van der Waals surface area contributed by atoms with E-state index in [1.54, 1.807) is 36.2 Å². The number of urea groups is 1. The summed E-state index contributed by atoms with van der Waals surface area (Å²) in [6, 6.07) is 6.45. The third-order valence-corrected chi connectivity index (χ3v) is 5.06. The van der Waals surface area contributed by atoms with Gasteiger partial charge in [-0.05, 0) is 30.5 Å². The van der Waals surface area contributed by atoms with Crippen molar-refractivity contribution in [2.45, 2.75) is 44.2 Å². The van der Waals surface area contributed by atoms with Crippen LogP contribution in [0.5, 0.6) is 0 Å². The van der Waals surface area contributed by atoms with Crippen LogP contribution in [0.1, 0.15) is 48.0 Å². The van der Waals surface area contributed by atoms with Crippen LogP contribution in [0, 0.1) is 0 Å². The van der Waals surface area contributed by atoms with Gasteiger partial charge in [-0.2, -0.15) is 0 Å². The lowest BCUT2D eigenvalue weighted by molar-refractivity contribution is -0.134. The quantitative estimate of drug-likeness (QED) is 0.864. The predicted octanol–water partition coefficient (Wildman–Crippen LogP) is 1.88. The van der Waals surface area contributed by atoms with E-state index in [0.29, 0.717) is 5.56 Å². The summed E-state index contributed by atoms with van der Waals surface area (Å²) in [4.78, 5) is 39.4. The second kappa shape index (κ2) is 5.68. The lowest BCUT2D eigenvalue weighted by Gasteiger charge is -2.35. The van der Waals surface area contributed by atoms with Crippen LogP contribution < -0.4 is 5.73 Å². The molecule has 2 N–H and O–H groups in total. The molecule has 0 atom stereocenters. The Morgan fingerprint density at radius 1 is 1.13 bits per heavy atom. The highest BCUT2D eigenvalue weighted by atomic mass is 16.2. The van der Waals surface area contributed by atoms with E-state index in [-0.39, 0.29) is 18.5 Å². The summed E-state index contributed by atoms with van der Waals surface area (Å²) in [6.45, 7) is 0.225. The first-order valence-electron chi connectivity index (χ1n) is 7.94. The minimum Gasteiger partial charge on any atom is -0.366 e. The molecule has 0 bridgehead atoms. The molecule has 122 valence electrons. The molecule has 4 amide bonds. The van der Waals surface area contributed by atoms with E-state index >= 15 is 0 Å². The van der Waals surface area contributed by atoms with Crippen molar-refractivity contribution in [3.05, 3.63) is 35.4 Å². The first-order valence-corrected chi connectivity index (χ1v) is 7.94. The number of likely N-dealkylation sites (N-methyl/N-ethyl adjacent to an activating group) is 1. The average Bonchev–Trinajstić information content (AvgIpc) is 2.72. The second-order valence-corrected chi connectivity index (χ2v) is 6.39. The van der Waals surface area contributed by atoms with Crippen molar-refractivity contribution >= 4 is 17.8 Å². The second-order valence-electron chi connectivity index (χ2n) is 6.39. The fourth-order valence-electron chi connectivity index (χ4n) is 3.63. The van der Waals surface area contributed by atoms with Crippen molar-refractivity contribution in [3.8, 4) is 0 Å². The van der Waals surface area contributed by atoms with Gasteiger partial charge in [0.2, 0.25) is 5.91 Å². The summed E-state index contributed by atoms with van der Waals surface area (Å²) in [5.41, 5.74) is 5.78. The highest BCUT2D eigenvalue weighted by Crippen LogP contribution is 2.39. The summed E-state index contributed by atoms with van der Waals surface area (Å²) in [5, 5.41) is 0. The molecule has 1 saturated carbocycles. The minimum atomic E-state index is -0.650. The van der Waals surface area contributed by atoms with Crippen molar-refractivity contribution in [3.63, 3.8) is 0 Å². The Bertz CT molecular complexity index is 648. The summed E-state index contributed by atoms with van der Waals surface area (Å²) in [7, 11) is 1.72. The Labute approximate surface area is 135 Å². The Hall–Kier alpha value is -2.37. The van der Waals surface area contributed by atoms with E-state index in [9.17, 15) is 14.4 Å². The van der Waals surface area contributed by atoms with E-state index in [2.05, 4.69) is 0 Å². The van der Waals surface area contributed by atoms with Gasteiger partial charge in [-0.3, -0.25) is 14.5 Å². The molecule has 1 saturated heterocycles. The smallest absolute Gasteiger partial charge is 0.327 e. The molecule has 2 aliphatic rings. The molecular weight excluding hydrogens is 294 g/mol.